The van der Waals surface area contributed by atoms with Gasteiger partial charge in [0.25, 0.3) is 0 Å². The second kappa shape index (κ2) is 11.4. The number of nitrogens with one attached hydrogen (secondary N) is 1. The maximum Gasteiger partial charge on any atom is 0.0764 e. The van der Waals surface area contributed by atoms with Crippen LogP contribution in [0.3, 0.4) is 0 Å². The van der Waals surface area contributed by atoms with Gasteiger partial charge in [-0.05, 0) is 69.2 Å². The van der Waals surface area contributed by atoms with E-state index in [1.54, 1.807) is 0 Å². The molecule has 2 aliphatic rings. The molecular weight excluding hydrogens is 394 g/mol. The van der Waals surface area contributed by atoms with Crippen molar-refractivity contribution in [1.29, 1.82) is 0 Å². The number of allylic oxidation sites excluding steroid dienone is 1. The lowest BCUT2D eigenvalue weighted by molar-refractivity contribution is 0.185. The van der Waals surface area contributed by atoms with Crippen LogP contribution in [0.1, 0.15) is 37.7 Å². The van der Waals surface area contributed by atoms with Crippen molar-refractivity contribution < 1.29 is 0 Å². The molecule has 3 N–H and O–H groups in total. The molecular formula is C27H39N5. The maximum absolute atomic E-state index is 5.93. The van der Waals surface area contributed by atoms with Crippen LogP contribution in [0.5, 0.6) is 0 Å². The average molecular weight is 434 g/mol. The summed E-state index contributed by atoms with van der Waals surface area (Å²) in [5.41, 5.74) is 10.7. The van der Waals surface area contributed by atoms with E-state index in [9.17, 15) is 0 Å². The second-order valence-electron chi connectivity index (χ2n) is 9.47. The van der Waals surface area contributed by atoms with Gasteiger partial charge in [0.1, 0.15) is 0 Å². The minimum atomic E-state index is 0.458. The first-order valence-corrected chi connectivity index (χ1v) is 12.3. The van der Waals surface area contributed by atoms with Gasteiger partial charge in [-0.2, -0.15) is 0 Å². The van der Waals surface area contributed by atoms with E-state index in [-0.39, 0.29) is 0 Å². The molecule has 1 aromatic heterocycles. The highest BCUT2D eigenvalue weighted by atomic mass is 15.2. The Bertz CT molecular complexity index is 836. The zero-order chi connectivity index (χ0) is 22.2. The first-order valence-electron chi connectivity index (χ1n) is 12.3. The van der Waals surface area contributed by atoms with Gasteiger partial charge >= 0.3 is 0 Å². The lowest BCUT2D eigenvalue weighted by Gasteiger charge is -2.35. The number of aromatic nitrogens is 1. The number of hydrogen-bond donors (Lipinski definition) is 2. The van der Waals surface area contributed by atoms with Gasteiger partial charge in [-0.15, -0.1) is 0 Å². The van der Waals surface area contributed by atoms with Crippen LogP contribution in [0.25, 0.3) is 0 Å². The molecule has 5 heteroatoms. The summed E-state index contributed by atoms with van der Waals surface area (Å²) in [4.78, 5) is 9.44. The highest BCUT2D eigenvalue weighted by Gasteiger charge is 2.22. The molecule has 0 unspecified atom stereocenters. The summed E-state index contributed by atoms with van der Waals surface area (Å²) in [6, 6.07) is 13.1. The van der Waals surface area contributed by atoms with Gasteiger partial charge < -0.3 is 20.9 Å². The van der Waals surface area contributed by atoms with E-state index in [0.717, 1.165) is 56.3 Å². The minimum Gasteiger partial charge on any atom is -0.402 e. The fourth-order valence-corrected chi connectivity index (χ4v) is 5.15. The molecule has 3 heterocycles. The standard InChI is InChI=1S/C27H39N5/c1-22(28)25-12-18-32(19-13-25)27-9-14-29-21-26(27)30-15-20-31-16-10-24(11-17-31)8-7-23-5-3-2-4-6-23/h2-6,9,14,21,24-25,30H,1,7-8,10-13,15-20,28H2. The molecule has 2 fully saturated rings. The van der Waals surface area contributed by atoms with Gasteiger partial charge in [0.05, 0.1) is 17.6 Å². The van der Waals surface area contributed by atoms with Gasteiger partial charge in [0, 0.05) is 44.0 Å². The van der Waals surface area contributed by atoms with Crippen LogP contribution in [-0.4, -0.2) is 49.2 Å². The topological polar surface area (TPSA) is 57.4 Å². The highest BCUT2D eigenvalue weighted by molar-refractivity contribution is 5.68. The third-order valence-corrected chi connectivity index (χ3v) is 7.29. The summed E-state index contributed by atoms with van der Waals surface area (Å²) in [6.07, 6.45) is 11.2. The van der Waals surface area contributed by atoms with Crippen LogP contribution < -0.4 is 16.0 Å². The molecule has 0 atom stereocenters. The minimum absolute atomic E-state index is 0.458. The molecule has 4 rings (SSSR count). The molecule has 2 saturated heterocycles. The van der Waals surface area contributed by atoms with Gasteiger partial charge in [-0.25, -0.2) is 0 Å². The monoisotopic (exact) mass is 433 g/mol. The number of hydrogen-bond acceptors (Lipinski definition) is 5. The lowest BCUT2D eigenvalue weighted by Crippen LogP contribution is -2.37. The number of benzene rings is 1. The number of piperidine rings is 2. The van der Waals surface area contributed by atoms with Gasteiger partial charge in [0.2, 0.25) is 0 Å². The predicted molar refractivity (Wildman–Crippen MR) is 135 cm³/mol. The van der Waals surface area contributed by atoms with Crippen LogP contribution >= 0.6 is 0 Å². The van der Waals surface area contributed by atoms with Crippen molar-refractivity contribution in [2.75, 3.05) is 49.5 Å². The van der Waals surface area contributed by atoms with Crippen molar-refractivity contribution in [3.8, 4) is 0 Å². The molecule has 5 nitrogen and oxygen atoms in total. The van der Waals surface area contributed by atoms with Gasteiger partial charge in [-0.1, -0.05) is 36.9 Å². The summed E-state index contributed by atoms with van der Waals surface area (Å²) < 4.78 is 0. The lowest BCUT2D eigenvalue weighted by atomic mass is 9.90. The van der Waals surface area contributed by atoms with Crippen molar-refractivity contribution >= 4 is 11.4 Å². The van der Waals surface area contributed by atoms with Crippen molar-refractivity contribution in [3.05, 3.63) is 66.6 Å². The molecule has 0 amide bonds. The Morgan fingerprint density at radius 2 is 1.78 bits per heavy atom. The number of pyridine rings is 1. The first kappa shape index (κ1) is 22.7. The molecule has 0 radical (unpaired) electrons. The second-order valence-corrected chi connectivity index (χ2v) is 9.47. The van der Waals surface area contributed by atoms with E-state index in [1.165, 1.54) is 50.0 Å². The Hall–Kier alpha value is -2.53. The zero-order valence-corrected chi connectivity index (χ0v) is 19.4. The number of aryl methyl sites for hydroxylation is 1. The molecule has 2 aromatic rings. The Balaban J connectivity index is 1.18. The first-order chi connectivity index (χ1) is 15.7. The van der Waals surface area contributed by atoms with Crippen molar-refractivity contribution in [3.63, 3.8) is 0 Å². The Kier molecular flexibility index (Phi) is 8.05. The normalized spacial score (nSPS) is 18.6. The summed E-state index contributed by atoms with van der Waals surface area (Å²) >= 11 is 0. The summed E-state index contributed by atoms with van der Waals surface area (Å²) in [5.74, 6) is 1.33. The van der Waals surface area contributed by atoms with E-state index < -0.39 is 0 Å². The van der Waals surface area contributed by atoms with E-state index >= 15 is 0 Å². The van der Waals surface area contributed by atoms with E-state index in [1.807, 2.05) is 12.4 Å². The molecule has 172 valence electrons. The fourth-order valence-electron chi connectivity index (χ4n) is 5.15. The van der Waals surface area contributed by atoms with Crippen LogP contribution in [0.2, 0.25) is 0 Å². The third kappa shape index (κ3) is 6.26. The van der Waals surface area contributed by atoms with Crippen LogP contribution in [0.4, 0.5) is 11.4 Å². The number of nitrogens with two attached hydrogens (primary N) is 1. The van der Waals surface area contributed by atoms with Crippen molar-refractivity contribution in [2.24, 2.45) is 17.6 Å². The molecule has 2 aliphatic heterocycles. The number of nitrogens with zero attached hydrogens (tertiary/aromatic N) is 3. The van der Waals surface area contributed by atoms with Crippen LogP contribution in [0.15, 0.2) is 61.1 Å². The number of anilines is 2. The Morgan fingerprint density at radius 1 is 1.03 bits per heavy atom. The van der Waals surface area contributed by atoms with E-state index in [4.69, 9.17) is 5.73 Å². The molecule has 0 aliphatic carbocycles. The number of rotatable bonds is 9. The van der Waals surface area contributed by atoms with E-state index in [0.29, 0.717) is 5.92 Å². The zero-order valence-electron chi connectivity index (χ0n) is 19.4. The van der Waals surface area contributed by atoms with Crippen LogP contribution in [-0.2, 0) is 6.42 Å². The fraction of sp³-hybridized carbons (Fsp3) is 0.519. The molecule has 0 bridgehead atoms. The molecule has 0 saturated carbocycles. The Labute approximate surface area is 193 Å². The molecule has 1 aromatic carbocycles. The smallest absolute Gasteiger partial charge is 0.0764 e. The molecule has 32 heavy (non-hydrogen) atoms. The summed E-state index contributed by atoms with van der Waals surface area (Å²) in [6.45, 7) is 10.5. The largest absolute Gasteiger partial charge is 0.402 e. The average Bonchev–Trinajstić information content (AvgIpc) is 2.84. The quantitative estimate of drug-likeness (QED) is 0.609. The summed E-state index contributed by atoms with van der Waals surface area (Å²) in [7, 11) is 0. The Morgan fingerprint density at radius 3 is 2.50 bits per heavy atom. The van der Waals surface area contributed by atoms with Crippen molar-refractivity contribution in [1.82, 2.24) is 9.88 Å². The maximum atomic E-state index is 5.93. The van der Waals surface area contributed by atoms with E-state index in [2.05, 4.69) is 63.1 Å². The molecule has 0 spiro atoms. The number of likely N-dealkylation sites (tertiary alicyclic amines) is 1. The van der Waals surface area contributed by atoms with Crippen molar-refractivity contribution in [2.45, 2.75) is 38.5 Å². The van der Waals surface area contributed by atoms with Gasteiger partial charge in [-0.3, -0.25) is 4.98 Å². The SMILES string of the molecule is C=C(N)C1CCN(c2ccncc2NCCN2CCC(CCc3ccccc3)CC2)CC1. The predicted octanol–water partition coefficient (Wildman–Crippen LogP) is 4.53. The van der Waals surface area contributed by atoms with Crippen LogP contribution in [0, 0.1) is 11.8 Å². The van der Waals surface area contributed by atoms with Gasteiger partial charge in [0.15, 0.2) is 0 Å². The third-order valence-electron chi connectivity index (χ3n) is 7.29. The summed E-state index contributed by atoms with van der Waals surface area (Å²) in [5, 5.41) is 3.66. The highest BCUT2D eigenvalue weighted by Crippen LogP contribution is 2.30.